The van der Waals surface area contributed by atoms with Crippen LogP contribution in [0.2, 0.25) is 0 Å². The van der Waals surface area contributed by atoms with Crippen molar-refractivity contribution in [1.29, 1.82) is 0 Å². The van der Waals surface area contributed by atoms with Crippen LogP contribution in [-0.2, 0) is 9.57 Å². The van der Waals surface area contributed by atoms with Gasteiger partial charge in [-0.25, -0.2) is 9.18 Å². The average Bonchev–Trinajstić information content (AvgIpc) is 2.89. The molecule has 0 saturated carbocycles. The molecule has 112 valence electrons. The van der Waals surface area contributed by atoms with Gasteiger partial charge in [0.25, 0.3) is 0 Å². The second-order valence-corrected chi connectivity index (χ2v) is 4.91. The second-order valence-electron chi connectivity index (χ2n) is 4.91. The summed E-state index contributed by atoms with van der Waals surface area (Å²) in [6, 6.07) is 4.69. The molecular formula is C14H16FN3O3. The molecule has 2 aliphatic rings. The standard InChI is InChI=1S/C14H16FN3O3/c1-2-11-8-18(14(19)21-11)10-3-4-13(12(15)7-10)17-5-6-20-16-9-17/h3-4,7,9,11H,2,5-6,8H2,1H3/t11-/m0/s1. The van der Waals surface area contributed by atoms with Gasteiger partial charge < -0.3 is 14.5 Å². The zero-order valence-corrected chi connectivity index (χ0v) is 11.7. The van der Waals surface area contributed by atoms with Gasteiger partial charge in [-0.2, -0.15) is 0 Å². The van der Waals surface area contributed by atoms with Crippen LogP contribution in [0.4, 0.5) is 20.6 Å². The van der Waals surface area contributed by atoms with E-state index in [1.807, 2.05) is 6.92 Å². The van der Waals surface area contributed by atoms with Gasteiger partial charge >= 0.3 is 6.09 Å². The van der Waals surface area contributed by atoms with Gasteiger partial charge in [0.15, 0.2) is 0 Å². The normalized spacial score (nSPS) is 21.4. The Labute approximate surface area is 121 Å². The number of rotatable bonds is 3. The number of hydrogen-bond acceptors (Lipinski definition) is 5. The first-order valence-electron chi connectivity index (χ1n) is 6.89. The van der Waals surface area contributed by atoms with Crippen molar-refractivity contribution in [2.75, 3.05) is 29.5 Å². The van der Waals surface area contributed by atoms with E-state index in [0.29, 0.717) is 31.1 Å². The molecule has 7 heteroatoms. The molecule has 0 bridgehead atoms. The maximum Gasteiger partial charge on any atom is 0.414 e. The Kier molecular flexibility index (Phi) is 3.64. The summed E-state index contributed by atoms with van der Waals surface area (Å²) in [7, 11) is 0. The number of cyclic esters (lactones) is 1. The van der Waals surface area contributed by atoms with E-state index < -0.39 is 11.9 Å². The van der Waals surface area contributed by atoms with Crippen LogP contribution in [0.3, 0.4) is 0 Å². The number of anilines is 2. The van der Waals surface area contributed by atoms with Gasteiger partial charge in [-0.3, -0.25) is 4.90 Å². The number of carbonyl (C=O) groups is 1. The lowest BCUT2D eigenvalue weighted by Gasteiger charge is -2.23. The van der Waals surface area contributed by atoms with Gasteiger partial charge in [0, 0.05) is 0 Å². The van der Waals surface area contributed by atoms with Gasteiger partial charge in [0.05, 0.1) is 24.5 Å². The number of carbonyl (C=O) groups excluding carboxylic acids is 1. The predicted molar refractivity (Wildman–Crippen MR) is 76.1 cm³/mol. The van der Waals surface area contributed by atoms with Gasteiger partial charge in [0.1, 0.15) is 24.9 Å². The SMILES string of the molecule is CC[C@H]1CN(c2ccc(N3C=NOCC3)c(F)c2)C(=O)O1. The lowest BCUT2D eigenvalue weighted by atomic mass is 10.2. The number of oxime groups is 1. The highest BCUT2D eigenvalue weighted by Gasteiger charge is 2.31. The fraction of sp³-hybridized carbons (Fsp3) is 0.429. The largest absolute Gasteiger partial charge is 0.444 e. The number of halogens is 1. The number of ether oxygens (including phenoxy) is 1. The van der Waals surface area contributed by atoms with E-state index >= 15 is 0 Å². The molecule has 6 nitrogen and oxygen atoms in total. The third-order valence-electron chi connectivity index (χ3n) is 3.57. The first kappa shape index (κ1) is 13.7. The van der Waals surface area contributed by atoms with E-state index in [0.717, 1.165) is 6.42 Å². The number of benzene rings is 1. The highest BCUT2D eigenvalue weighted by molar-refractivity contribution is 5.90. The van der Waals surface area contributed by atoms with Gasteiger partial charge in [-0.1, -0.05) is 12.1 Å². The summed E-state index contributed by atoms with van der Waals surface area (Å²) in [4.78, 5) is 19.7. The summed E-state index contributed by atoms with van der Waals surface area (Å²) >= 11 is 0. The molecule has 0 N–H and O–H groups in total. The van der Waals surface area contributed by atoms with Crippen molar-refractivity contribution in [3.63, 3.8) is 0 Å². The van der Waals surface area contributed by atoms with E-state index in [4.69, 9.17) is 9.57 Å². The fourth-order valence-electron chi connectivity index (χ4n) is 2.36. The lowest BCUT2D eigenvalue weighted by molar-refractivity contribution is 0.139. The van der Waals surface area contributed by atoms with Crippen molar-refractivity contribution >= 4 is 23.8 Å². The summed E-state index contributed by atoms with van der Waals surface area (Å²) in [6.07, 6.45) is 1.62. The highest BCUT2D eigenvalue weighted by atomic mass is 19.1. The summed E-state index contributed by atoms with van der Waals surface area (Å²) in [6.45, 7) is 3.34. The van der Waals surface area contributed by atoms with Crippen molar-refractivity contribution in [1.82, 2.24) is 0 Å². The van der Waals surface area contributed by atoms with Crippen LogP contribution in [-0.4, -0.2) is 38.2 Å². The molecule has 1 saturated heterocycles. The molecule has 0 radical (unpaired) electrons. The smallest absolute Gasteiger partial charge is 0.414 e. The maximum absolute atomic E-state index is 14.3. The molecule has 2 aliphatic heterocycles. The topological polar surface area (TPSA) is 54.4 Å². The molecule has 1 aromatic carbocycles. The number of nitrogens with zero attached hydrogens (tertiary/aromatic N) is 3. The molecule has 21 heavy (non-hydrogen) atoms. The maximum atomic E-state index is 14.3. The molecule has 1 aromatic rings. The number of amides is 1. The Balaban J connectivity index is 1.82. The summed E-state index contributed by atoms with van der Waals surface area (Å²) in [5.74, 6) is -0.409. The van der Waals surface area contributed by atoms with E-state index in [1.165, 1.54) is 17.3 Å². The van der Waals surface area contributed by atoms with Crippen LogP contribution in [0.15, 0.2) is 23.4 Å². The zero-order chi connectivity index (χ0) is 14.8. The molecule has 0 aliphatic carbocycles. The molecule has 1 fully saturated rings. The van der Waals surface area contributed by atoms with Crippen molar-refractivity contribution < 1.29 is 18.8 Å². The van der Waals surface area contributed by atoms with Crippen LogP contribution in [0.1, 0.15) is 13.3 Å². The highest BCUT2D eigenvalue weighted by Crippen LogP contribution is 2.28. The summed E-state index contributed by atoms with van der Waals surface area (Å²) < 4.78 is 19.5. The van der Waals surface area contributed by atoms with Crippen LogP contribution in [0.5, 0.6) is 0 Å². The fourth-order valence-corrected chi connectivity index (χ4v) is 2.36. The number of hydrogen-bond donors (Lipinski definition) is 0. The molecule has 0 unspecified atom stereocenters. The van der Waals surface area contributed by atoms with Crippen molar-refractivity contribution in [3.8, 4) is 0 Å². The van der Waals surface area contributed by atoms with Crippen LogP contribution in [0, 0.1) is 5.82 Å². The molecule has 3 rings (SSSR count). The van der Waals surface area contributed by atoms with Gasteiger partial charge in [-0.15, -0.1) is 0 Å². The third-order valence-corrected chi connectivity index (χ3v) is 3.57. The van der Waals surface area contributed by atoms with E-state index in [-0.39, 0.29) is 6.10 Å². The molecule has 0 aromatic heterocycles. The van der Waals surface area contributed by atoms with Crippen molar-refractivity contribution in [3.05, 3.63) is 24.0 Å². The van der Waals surface area contributed by atoms with Crippen LogP contribution in [0.25, 0.3) is 0 Å². The Morgan fingerprint density at radius 3 is 2.95 bits per heavy atom. The first-order chi connectivity index (χ1) is 10.2. The Hall–Kier alpha value is -2.31. The van der Waals surface area contributed by atoms with E-state index in [9.17, 15) is 9.18 Å². The minimum absolute atomic E-state index is 0.133. The molecule has 1 amide bonds. The van der Waals surface area contributed by atoms with E-state index in [2.05, 4.69) is 5.16 Å². The summed E-state index contributed by atoms with van der Waals surface area (Å²) in [5, 5.41) is 3.66. The molecular weight excluding hydrogens is 277 g/mol. The van der Waals surface area contributed by atoms with Crippen molar-refractivity contribution in [2.45, 2.75) is 19.4 Å². The van der Waals surface area contributed by atoms with Gasteiger partial charge in [-0.05, 0) is 24.6 Å². The quantitative estimate of drug-likeness (QED) is 0.858. The summed E-state index contributed by atoms with van der Waals surface area (Å²) in [5.41, 5.74) is 0.910. The molecule has 0 spiro atoms. The minimum atomic E-state index is -0.429. The molecule has 2 heterocycles. The Bertz CT molecular complexity index is 579. The monoisotopic (exact) mass is 293 g/mol. The van der Waals surface area contributed by atoms with Gasteiger partial charge in [0.2, 0.25) is 0 Å². The lowest BCUT2D eigenvalue weighted by Crippen LogP contribution is -2.30. The molecule has 1 atom stereocenters. The van der Waals surface area contributed by atoms with Crippen LogP contribution >= 0.6 is 0 Å². The van der Waals surface area contributed by atoms with Crippen LogP contribution < -0.4 is 9.80 Å². The Morgan fingerprint density at radius 2 is 2.33 bits per heavy atom. The Morgan fingerprint density at radius 1 is 1.48 bits per heavy atom. The van der Waals surface area contributed by atoms with E-state index in [1.54, 1.807) is 17.0 Å². The minimum Gasteiger partial charge on any atom is -0.444 e. The third kappa shape index (κ3) is 2.63. The first-order valence-corrected chi connectivity index (χ1v) is 6.89. The second kappa shape index (κ2) is 5.59. The average molecular weight is 293 g/mol. The zero-order valence-electron chi connectivity index (χ0n) is 11.7. The predicted octanol–water partition coefficient (Wildman–Crippen LogP) is 2.34. The van der Waals surface area contributed by atoms with Crippen molar-refractivity contribution in [2.24, 2.45) is 5.16 Å².